The van der Waals surface area contributed by atoms with Crippen molar-refractivity contribution in [3.63, 3.8) is 0 Å². The van der Waals surface area contributed by atoms with Gasteiger partial charge in [0.05, 0.1) is 7.11 Å². The van der Waals surface area contributed by atoms with E-state index in [0.717, 1.165) is 35.9 Å². The molecule has 1 aromatic rings. The summed E-state index contributed by atoms with van der Waals surface area (Å²) in [6.07, 6.45) is 0.985. The zero-order valence-corrected chi connectivity index (χ0v) is 13.0. The van der Waals surface area contributed by atoms with E-state index in [1.807, 2.05) is 18.2 Å². The maximum Gasteiger partial charge on any atom is 0.123 e. The fourth-order valence-corrected chi connectivity index (χ4v) is 2.48. The summed E-state index contributed by atoms with van der Waals surface area (Å²) >= 11 is 6.11. The van der Waals surface area contributed by atoms with Crippen molar-refractivity contribution in [3.05, 3.63) is 28.8 Å². The van der Waals surface area contributed by atoms with Crippen molar-refractivity contribution in [1.82, 2.24) is 5.32 Å². The van der Waals surface area contributed by atoms with Crippen LogP contribution in [0.5, 0.6) is 5.75 Å². The molecule has 0 aromatic heterocycles. The first-order valence-electron chi connectivity index (χ1n) is 6.68. The highest BCUT2D eigenvalue weighted by Crippen LogP contribution is 2.31. The second-order valence-electron chi connectivity index (χ2n) is 4.79. The molecule has 0 aliphatic carbocycles. The first-order valence-corrected chi connectivity index (χ1v) is 7.05. The average Bonchev–Trinajstić information content (AvgIpc) is 2.38. The molecule has 19 heavy (non-hydrogen) atoms. The van der Waals surface area contributed by atoms with E-state index in [-0.39, 0.29) is 6.04 Å². The molecule has 0 radical (unpaired) electrons. The number of rotatable bonds is 8. The summed E-state index contributed by atoms with van der Waals surface area (Å²) in [5.41, 5.74) is 1.11. The molecule has 1 aromatic carbocycles. The van der Waals surface area contributed by atoms with Gasteiger partial charge in [0.15, 0.2) is 0 Å². The third-order valence-corrected chi connectivity index (χ3v) is 3.34. The van der Waals surface area contributed by atoms with Crippen LogP contribution in [0, 0.1) is 5.92 Å². The first-order chi connectivity index (χ1) is 9.12. The minimum absolute atomic E-state index is 0.226. The molecule has 0 heterocycles. The molecule has 1 N–H and O–H groups in total. The van der Waals surface area contributed by atoms with Crippen molar-refractivity contribution < 1.29 is 9.47 Å². The van der Waals surface area contributed by atoms with Gasteiger partial charge in [-0.2, -0.15) is 0 Å². The molecule has 0 amide bonds. The maximum absolute atomic E-state index is 6.11. The molecule has 0 spiro atoms. The number of benzene rings is 1. The van der Waals surface area contributed by atoms with Crippen molar-refractivity contribution in [2.45, 2.75) is 26.3 Å². The van der Waals surface area contributed by atoms with Gasteiger partial charge in [-0.05, 0) is 37.1 Å². The number of methoxy groups -OCH3 is 2. The Bertz CT molecular complexity index is 384. The highest BCUT2D eigenvalue weighted by Gasteiger charge is 2.18. The van der Waals surface area contributed by atoms with E-state index in [9.17, 15) is 0 Å². The van der Waals surface area contributed by atoms with Crippen LogP contribution in [-0.4, -0.2) is 27.4 Å². The van der Waals surface area contributed by atoms with Gasteiger partial charge in [0.1, 0.15) is 5.75 Å². The smallest absolute Gasteiger partial charge is 0.123 e. The van der Waals surface area contributed by atoms with Crippen molar-refractivity contribution in [1.29, 1.82) is 0 Å². The zero-order chi connectivity index (χ0) is 14.3. The van der Waals surface area contributed by atoms with Gasteiger partial charge in [-0.1, -0.05) is 25.4 Å². The van der Waals surface area contributed by atoms with Gasteiger partial charge in [-0.15, -0.1) is 0 Å². The molecular formula is C15H24ClNO2. The van der Waals surface area contributed by atoms with Crippen molar-refractivity contribution >= 4 is 11.6 Å². The summed E-state index contributed by atoms with van der Waals surface area (Å²) in [5.74, 6) is 1.35. The molecule has 2 atom stereocenters. The van der Waals surface area contributed by atoms with Crippen molar-refractivity contribution in [3.8, 4) is 5.75 Å². The lowest BCUT2D eigenvalue weighted by molar-refractivity contribution is 0.149. The summed E-state index contributed by atoms with van der Waals surface area (Å²) in [7, 11) is 3.42. The summed E-state index contributed by atoms with van der Waals surface area (Å²) in [5, 5.41) is 4.23. The van der Waals surface area contributed by atoms with Gasteiger partial charge < -0.3 is 14.8 Å². The van der Waals surface area contributed by atoms with Gasteiger partial charge in [-0.25, -0.2) is 0 Å². The first kappa shape index (κ1) is 16.3. The van der Waals surface area contributed by atoms with Crippen LogP contribution in [0.3, 0.4) is 0 Å². The van der Waals surface area contributed by atoms with Gasteiger partial charge in [-0.3, -0.25) is 0 Å². The molecule has 0 saturated heterocycles. The lowest BCUT2D eigenvalue weighted by Gasteiger charge is -2.24. The Kier molecular flexibility index (Phi) is 7.21. The highest BCUT2D eigenvalue weighted by molar-refractivity contribution is 6.30. The molecule has 0 bridgehead atoms. The third-order valence-electron chi connectivity index (χ3n) is 3.11. The largest absolute Gasteiger partial charge is 0.496 e. The van der Waals surface area contributed by atoms with Crippen LogP contribution in [0.4, 0.5) is 0 Å². The molecule has 0 aliphatic rings. The second kappa shape index (κ2) is 8.41. The SMILES string of the molecule is CCNC(CC(C)COC)c1cc(Cl)ccc1OC. The summed E-state index contributed by atoms with van der Waals surface area (Å²) < 4.78 is 10.7. The Morgan fingerprint density at radius 3 is 2.63 bits per heavy atom. The summed E-state index contributed by atoms with van der Waals surface area (Å²) in [4.78, 5) is 0. The van der Waals surface area contributed by atoms with E-state index in [1.54, 1.807) is 14.2 Å². The number of ether oxygens (including phenoxy) is 2. The molecule has 0 saturated carbocycles. The average molecular weight is 286 g/mol. The van der Waals surface area contributed by atoms with Crippen LogP contribution in [0.25, 0.3) is 0 Å². The molecular weight excluding hydrogens is 262 g/mol. The topological polar surface area (TPSA) is 30.5 Å². The highest BCUT2D eigenvalue weighted by atomic mass is 35.5. The van der Waals surface area contributed by atoms with Crippen LogP contribution in [0.15, 0.2) is 18.2 Å². The summed E-state index contributed by atoms with van der Waals surface area (Å²) in [6, 6.07) is 5.98. The fourth-order valence-electron chi connectivity index (χ4n) is 2.30. The minimum Gasteiger partial charge on any atom is -0.496 e. The number of hydrogen-bond acceptors (Lipinski definition) is 3. The van der Waals surface area contributed by atoms with Crippen LogP contribution in [0.1, 0.15) is 31.9 Å². The maximum atomic E-state index is 6.11. The van der Waals surface area contributed by atoms with Crippen LogP contribution >= 0.6 is 11.6 Å². The second-order valence-corrected chi connectivity index (χ2v) is 5.23. The fraction of sp³-hybridized carbons (Fsp3) is 0.600. The van der Waals surface area contributed by atoms with Crippen molar-refractivity contribution in [2.75, 3.05) is 27.4 Å². The van der Waals surface area contributed by atoms with E-state index in [2.05, 4.69) is 19.2 Å². The Balaban J connectivity index is 2.93. The van der Waals surface area contributed by atoms with Crippen LogP contribution < -0.4 is 10.1 Å². The Morgan fingerprint density at radius 1 is 1.32 bits per heavy atom. The van der Waals surface area contributed by atoms with Crippen LogP contribution in [0.2, 0.25) is 5.02 Å². The number of halogens is 1. The normalized spacial score (nSPS) is 14.2. The Hall–Kier alpha value is -0.770. The molecule has 0 fully saturated rings. The van der Waals surface area contributed by atoms with E-state index in [0.29, 0.717) is 5.92 Å². The number of hydrogen-bond donors (Lipinski definition) is 1. The van der Waals surface area contributed by atoms with E-state index in [1.165, 1.54) is 0 Å². The molecule has 3 nitrogen and oxygen atoms in total. The number of nitrogens with one attached hydrogen (secondary N) is 1. The van der Waals surface area contributed by atoms with Crippen molar-refractivity contribution in [2.24, 2.45) is 5.92 Å². The predicted molar refractivity (Wildman–Crippen MR) is 80.1 cm³/mol. The zero-order valence-electron chi connectivity index (χ0n) is 12.2. The Morgan fingerprint density at radius 2 is 2.05 bits per heavy atom. The van der Waals surface area contributed by atoms with Gasteiger partial charge in [0.25, 0.3) is 0 Å². The monoisotopic (exact) mass is 285 g/mol. The predicted octanol–water partition coefficient (Wildman–Crippen LogP) is 3.67. The molecule has 0 aliphatic heterocycles. The molecule has 4 heteroatoms. The Labute approximate surface area is 121 Å². The van der Waals surface area contributed by atoms with E-state index >= 15 is 0 Å². The summed E-state index contributed by atoms with van der Waals surface area (Å²) in [6.45, 7) is 5.95. The minimum atomic E-state index is 0.226. The third kappa shape index (κ3) is 5.01. The van der Waals surface area contributed by atoms with E-state index < -0.39 is 0 Å². The van der Waals surface area contributed by atoms with E-state index in [4.69, 9.17) is 21.1 Å². The lowest BCUT2D eigenvalue weighted by Crippen LogP contribution is -2.24. The van der Waals surface area contributed by atoms with Crippen LogP contribution in [-0.2, 0) is 4.74 Å². The van der Waals surface area contributed by atoms with Gasteiger partial charge in [0, 0.05) is 30.3 Å². The van der Waals surface area contributed by atoms with Gasteiger partial charge >= 0.3 is 0 Å². The quantitative estimate of drug-likeness (QED) is 0.790. The standard InChI is InChI=1S/C15H24ClNO2/c1-5-17-14(8-11(2)10-18-3)13-9-12(16)6-7-15(13)19-4/h6-7,9,11,14,17H,5,8,10H2,1-4H3. The van der Waals surface area contributed by atoms with Gasteiger partial charge in [0.2, 0.25) is 0 Å². The lowest BCUT2D eigenvalue weighted by atomic mass is 9.95. The molecule has 2 unspecified atom stereocenters. The molecule has 1 rings (SSSR count). The molecule has 108 valence electrons.